The highest BCUT2D eigenvalue weighted by molar-refractivity contribution is 7.80. The van der Waals surface area contributed by atoms with Crippen LogP contribution in [0.1, 0.15) is 49.3 Å². The average molecular weight is 403 g/mol. The molecule has 6 heteroatoms. The van der Waals surface area contributed by atoms with Crippen molar-refractivity contribution in [3.63, 3.8) is 0 Å². The highest BCUT2D eigenvalue weighted by atomic mass is 35.5. The second kappa shape index (κ2) is 6.28. The van der Waals surface area contributed by atoms with Crippen LogP contribution in [-0.2, 0) is 0 Å². The molecule has 0 aromatic heterocycles. The molecule has 0 amide bonds. The predicted molar refractivity (Wildman–Crippen MR) is 112 cm³/mol. The first-order valence-corrected chi connectivity index (χ1v) is 9.83. The number of ether oxygens (including phenoxy) is 1. The molecule has 142 valence electrons. The third-order valence-corrected chi connectivity index (χ3v) is 5.77. The van der Waals surface area contributed by atoms with Crippen LogP contribution in [0.25, 0.3) is 0 Å². The fourth-order valence-electron chi connectivity index (χ4n) is 4.33. The van der Waals surface area contributed by atoms with E-state index in [0.717, 1.165) is 18.4 Å². The maximum Gasteiger partial charge on any atom is 0.185 e. The Morgan fingerprint density at radius 2 is 2.00 bits per heavy atom. The summed E-state index contributed by atoms with van der Waals surface area (Å²) in [4.78, 5) is 0. The summed E-state index contributed by atoms with van der Waals surface area (Å²) in [6.45, 7) is 6.31. The largest absolute Gasteiger partial charge is 0.506 e. The molecule has 2 heterocycles. The van der Waals surface area contributed by atoms with Gasteiger partial charge >= 0.3 is 0 Å². The van der Waals surface area contributed by atoms with Gasteiger partial charge < -0.3 is 20.5 Å². The number of hydrogen-bond donors (Lipinski definition) is 3. The van der Waals surface area contributed by atoms with Gasteiger partial charge in [-0.05, 0) is 44.6 Å². The van der Waals surface area contributed by atoms with E-state index >= 15 is 0 Å². The van der Waals surface area contributed by atoms with E-state index < -0.39 is 5.72 Å². The summed E-state index contributed by atoms with van der Waals surface area (Å²) in [5, 5.41) is 17.7. The summed E-state index contributed by atoms with van der Waals surface area (Å²) in [6.07, 6.45) is 1.45. The summed E-state index contributed by atoms with van der Waals surface area (Å²) in [5.41, 5.74) is 2.54. The molecule has 27 heavy (non-hydrogen) atoms. The van der Waals surface area contributed by atoms with Gasteiger partial charge in [0.25, 0.3) is 0 Å². The van der Waals surface area contributed by atoms with Crippen LogP contribution in [0.15, 0.2) is 36.4 Å². The monoisotopic (exact) mass is 402 g/mol. The summed E-state index contributed by atoms with van der Waals surface area (Å²) in [6, 6.07) is 11.9. The lowest BCUT2D eigenvalue weighted by molar-refractivity contribution is -0.0128. The molecule has 0 unspecified atom stereocenters. The molecule has 2 aliphatic rings. The van der Waals surface area contributed by atoms with Crippen LogP contribution < -0.4 is 15.4 Å². The lowest BCUT2D eigenvalue weighted by Gasteiger charge is -2.50. The molecular formula is C21H23ClN2O2S. The standard InChI is InChI=1S/C21H23ClN2O2S/c1-12-5-4-6-13(7-12)15-10-21(11-20(2,3)23-19(27)24-21)26-18-9-17(25)16(22)8-14(15)18/h4-9,15,25H,10-11H2,1-3H3,(H2,23,24,27)/t15-,21-/m0/s1. The first kappa shape index (κ1) is 18.4. The van der Waals surface area contributed by atoms with Crippen LogP contribution in [-0.4, -0.2) is 21.5 Å². The van der Waals surface area contributed by atoms with Crippen molar-refractivity contribution in [1.82, 2.24) is 10.6 Å². The van der Waals surface area contributed by atoms with Crippen LogP contribution in [0.2, 0.25) is 5.02 Å². The molecule has 1 saturated heterocycles. The zero-order valence-corrected chi connectivity index (χ0v) is 17.2. The predicted octanol–water partition coefficient (Wildman–Crippen LogP) is 4.61. The van der Waals surface area contributed by atoms with Crippen LogP contribution in [0.5, 0.6) is 11.5 Å². The van der Waals surface area contributed by atoms with Gasteiger partial charge in [0.2, 0.25) is 0 Å². The third kappa shape index (κ3) is 3.46. The zero-order valence-electron chi connectivity index (χ0n) is 15.6. The van der Waals surface area contributed by atoms with Gasteiger partial charge in [0.05, 0.1) is 5.02 Å². The second-order valence-corrected chi connectivity index (χ2v) is 9.06. The van der Waals surface area contributed by atoms with Crippen LogP contribution in [0.4, 0.5) is 0 Å². The molecule has 1 spiro atoms. The quantitative estimate of drug-likeness (QED) is 0.608. The fourth-order valence-corrected chi connectivity index (χ4v) is 4.96. The maximum atomic E-state index is 10.1. The van der Waals surface area contributed by atoms with Crippen molar-refractivity contribution in [1.29, 1.82) is 0 Å². The van der Waals surface area contributed by atoms with E-state index in [4.69, 9.17) is 28.6 Å². The molecule has 1 fully saturated rings. The van der Waals surface area contributed by atoms with E-state index in [-0.39, 0.29) is 17.2 Å². The van der Waals surface area contributed by atoms with Crippen molar-refractivity contribution in [2.45, 2.75) is 50.8 Å². The minimum atomic E-state index is -0.645. The number of halogens is 1. The Balaban J connectivity index is 1.85. The van der Waals surface area contributed by atoms with E-state index in [0.29, 0.717) is 15.9 Å². The number of aryl methyl sites for hydroxylation is 1. The van der Waals surface area contributed by atoms with E-state index in [9.17, 15) is 5.11 Å². The molecule has 0 radical (unpaired) electrons. The third-order valence-electron chi connectivity index (χ3n) is 5.26. The van der Waals surface area contributed by atoms with Crippen molar-refractivity contribution < 1.29 is 9.84 Å². The van der Waals surface area contributed by atoms with Gasteiger partial charge in [0.15, 0.2) is 10.8 Å². The molecule has 0 saturated carbocycles. The summed E-state index contributed by atoms with van der Waals surface area (Å²) in [5.74, 6) is 0.741. The summed E-state index contributed by atoms with van der Waals surface area (Å²) in [7, 11) is 0. The highest BCUT2D eigenvalue weighted by Crippen LogP contribution is 2.49. The molecule has 2 aliphatic heterocycles. The molecule has 4 nitrogen and oxygen atoms in total. The fraction of sp³-hybridized carbons (Fsp3) is 0.381. The lowest BCUT2D eigenvalue weighted by Crippen LogP contribution is -2.69. The highest BCUT2D eigenvalue weighted by Gasteiger charge is 2.48. The van der Waals surface area contributed by atoms with Crippen molar-refractivity contribution in [3.8, 4) is 11.5 Å². The normalized spacial score (nSPS) is 25.9. The van der Waals surface area contributed by atoms with Crippen LogP contribution in [0.3, 0.4) is 0 Å². The molecule has 3 N–H and O–H groups in total. The Morgan fingerprint density at radius 3 is 2.70 bits per heavy atom. The van der Waals surface area contributed by atoms with E-state index in [2.05, 4.69) is 55.7 Å². The Morgan fingerprint density at radius 1 is 1.22 bits per heavy atom. The Labute approximate surface area is 169 Å². The topological polar surface area (TPSA) is 53.5 Å². The van der Waals surface area contributed by atoms with Crippen LogP contribution >= 0.6 is 23.8 Å². The van der Waals surface area contributed by atoms with Gasteiger partial charge in [-0.3, -0.25) is 0 Å². The maximum absolute atomic E-state index is 10.1. The number of fused-ring (bicyclic) bond motifs is 1. The Bertz CT molecular complexity index is 930. The minimum Gasteiger partial charge on any atom is -0.506 e. The first-order chi connectivity index (χ1) is 12.7. The number of hydrogen-bond acceptors (Lipinski definition) is 3. The van der Waals surface area contributed by atoms with E-state index in [1.807, 2.05) is 6.07 Å². The lowest BCUT2D eigenvalue weighted by atomic mass is 9.77. The minimum absolute atomic E-state index is 0.0197. The molecule has 4 rings (SSSR count). The average Bonchev–Trinajstić information content (AvgIpc) is 2.54. The SMILES string of the molecule is Cc1cccc([C@@H]2C[C@@]3(CC(C)(C)NC(=S)N3)Oc3cc(O)c(Cl)cc32)c1. The van der Waals surface area contributed by atoms with E-state index in [1.165, 1.54) is 11.1 Å². The van der Waals surface area contributed by atoms with Crippen molar-refractivity contribution in [2.24, 2.45) is 0 Å². The van der Waals surface area contributed by atoms with Gasteiger partial charge in [0.1, 0.15) is 11.5 Å². The molecule has 2 aromatic carbocycles. The van der Waals surface area contributed by atoms with Gasteiger partial charge in [-0.2, -0.15) is 0 Å². The number of thiocarbonyl (C=S) groups is 1. The number of aromatic hydroxyl groups is 1. The second-order valence-electron chi connectivity index (χ2n) is 8.25. The molecule has 0 bridgehead atoms. The van der Waals surface area contributed by atoms with Gasteiger partial charge in [-0.15, -0.1) is 0 Å². The number of phenols is 1. The number of rotatable bonds is 1. The van der Waals surface area contributed by atoms with Gasteiger partial charge in [-0.25, -0.2) is 0 Å². The first-order valence-electron chi connectivity index (χ1n) is 9.05. The van der Waals surface area contributed by atoms with Gasteiger partial charge in [-0.1, -0.05) is 41.4 Å². The van der Waals surface area contributed by atoms with Gasteiger partial charge in [0, 0.05) is 35.9 Å². The van der Waals surface area contributed by atoms with Crippen LogP contribution in [0, 0.1) is 6.92 Å². The molecular weight excluding hydrogens is 380 g/mol. The number of phenolic OH excluding ortho intramolecular Hbond substituents is 1. The molecule has 2 aromatic rings. The summed E-state index contributed by atoms with van der Waals surface area (Å²) < 4.78 is 6.43. The van der Waals surface area contributed by atoms with Crippen molar-refractivity contribution >= 4 is 28.9 Å². The number of benzene rings is 2. The number of nitrogens with one attached hydrogen (secondary N) is 2. The summed E-state index contributed by atoms with van der Waals surface area (Å²) >= 11 is 11.7. The molecule has 0 aliphatic carbocycles. The van der Waals surface area contributed by atoms with Crippen molar-refractivity contribution in [2.75, 3.05) is 0 Å². The zero-order chi connectivity index (χ0) is 19.4. The Hall–Kier alpha value is -1.98. The van der Waals surface area contributed by atoms with Crippen molar-refractivity contribution in [3.05, 3.63) is 58.1 Å². The molecule has 2 atom stereocenters. The smallest absolute Gasteiger partial charge is 0.185 e. The Kier molecular flexibility index (Phi) is 4.28. The van der Waals surface area contributed by atoms with E-state index in [1.54, 1.807) is 6.07 Å².